The van der Waals surface area contributed by atoms with E-state index in [4.69, 9.17) is 21.1 Å². The minimum absolute atomic E-state index is 0.264. The number of urea groups is 1. The number of ether oxygens (including phenoxy) is 2. The molecule has 20 heavy (non-hydrogen) atoms. The largest absolute Gasteiger partial charge is 0.486 e. The van der Waals surface area contributed by atoms with Crippen molar-refractivity contribution in [2.24, 2.45) is 0 Å². The molecule has 1 aromatic carbocycles. The van der Waals surface area contributed by atoms with E-state index in [0.717, 1.165) is 19.3 Å². The maximum atomic E-state index is 11.7. The second-order valence-corrected chi connectivity index (χ2v) is 4.97. The summed E-state index contributed by atoms with van der Waals surface area (Å²) in [6.07, 6.45) is 3.20. The molecule has 0 atom stereocenters. The third kappa shape index (κ3) is 3.93. The fourth-order valence-corrected chi connectivity index (χ4v) is 2.10. The highest BCUT2D eigenvalue weighted by Crippen LogP contribution is 2.37. The number of unbranched alkanes of at least 4 members (excludes halogenated alkanes) is 2. The predicted octanol–water partition coefficient (Wildman–Crippen LogP) is 3.42. The van der Waals surface area contributed by atoms with Crippen molar-refractivity contribution >= 4 is 23.3 Å². The van der Waals surface area contributed by atoms with Crippen LogP contribution in [-0.2, 0) is 0 Å². The Hall–Kier alpha value is -1.62. The van der Waals surface area contributed by atoms with Crippen LogP contribution in [-0.4, -0.2) is 25.8 Å². The predicted molar refractivity (Wildman–Crippen MR) is 79.0 cm³/mol. The molecule has 0 aliphatic carbocycles. The zero-order chi connectivity index (χ0) is 14.4. The van der Waals surface area contributed by atoms with Gasteiger partial charge in [0.2, 0.25) is 0 Å². The lowest BCUT2D eigenvalue weighted by Gasteiger charge is -2.20. The molecule has 1 aliphatic heterocycles. The molecule has 0 radical (unpaired) electrons. The van der Waals surface area contributed by atoms with Gasteiger partial charge in [-0.15, -0.1) is 0 Å². The minimum atomic E-state index is -0.264. The molecule has 0 aromatic heterocycles. The summed E-state index contributed by atoms with van der Waals surface area (Å²) in [4.78, 5) is 11.7. The van der Waals surface area contributed by atoms with Crippen molar-refractivity contribution in [3.05, 3.63) is 17.2 Å². The van der Waals surface area contributed by atoms with Crippen LogP contribution >= 0.6 is 11.6 Å². The molecule has 1 aliphatic rings. The van der Waals surface area contributed by atoms with Gasteiger partial charge in [-0.3, -0.25) is 0 Å². The molecular weight excluding hydrogens is 280 g/mol. The van der Waals surface area contributed by atoms with Gasteiger partial charge in [-0.05, 0) is 6.42 Å². The molecule has 0 bridgehead atoms. The zero-order valence-electron chi connectivity index (χ0n) is 11.5. The summed E-state index contributed by atoms with van der Waals surface area (Å²) in [5, 5.41) is 5.94. The van der Waals surface area contributed by atoms with Gasteiger partial charge in [0, 0.05) is 18.7 Å². The summed E-state index contributed by atoms with van der Waals surface area (Å²) in [7, 11) is 0. The van der Waals surface area contributed by atoms with Crippen molar-refractivity contribution < 1.29 is 14.3 Å². The summed E-state index contributed by atoms with van der Waals surface area (Å²) < 4.78 is 10.9. The number of rotatable bonds is 5. The minimum Gasteiger partial charge on any atom is -0.486 e. The van der Waals surface area contributed by atoms with E-state index in [0.29, 0.717) is 42.0 Å². The first-order valence-corrected chi connectivity index (χ1v) is 7.22. The number of hydrogen-bond donors (Lipinski definition) is 2. The summed E-state index contributed by atoms with van der Waals surface area (Å²) in [6.45, 7) is 3.78. The average Bonchev–Trinajstić information content (AvgIpc) is 2.44. The molecule has 2 amide bonds. The molecular formula is C14H19ClN2O3. The molecule has 5 nitrogen and oxygen atoms in total. The maximum Gasteiger partial charge on any atom is 0.319 e. The molecule has 1 aromatic rings. The fourth-order valence-electron chi connectivity index (χ4n) is 1.90. The Morgan fingerprint density at radius 1 is 1.25 bits per heavy atom. The van der Waals surface area contributed by atoms with Gasteiger partial charge in [-0.1, -0.05) is 31.4 Å². The molecule has 0 unspecified atom stereocenters. The van der Waals surface area contributed by atoms with Gasteiger partial charge >= 0.3 is 6.03 Å². The summed E-state index contributed by atoms with van der Waals surface area (Å²) in [6, 6.07) is 3.07. The Kier molecular flexibility index (Phi) is 5.35. The highest BCUT2D eigenvalue weighted by molar-refractivity contribution is 6.34. The number of carbonyl (C=O) groups is 1. The topological polar surface area (TPSA) is 59.6 Å². The lowest BCUT2D eigenvalue weighted by atomic mass is 10.2. The van der Waals surface area contributed by atoms with Crippen LogP contribution in [0.5, 0.6) is 11.5 Å². The van der Waals surface area contributed by atoms with Gasteiger partial charge in [0.25, 0.3) is 0 Å². The molecule has 0 fully saturated rings. The number of nitrogens with one attached hydrogen (secondary N) is 2. The molecule has 110 valence electrons. The lowest BCUT2D eigenvalue weighted by Crippen LogP contribution is -2.29. The van der Waals surface area contributed by atoms with E-state index in [1.165, 1.54) is 0 Å². The summed E-state index contributed by atoms with van der Waals surface area (Å²) in [5.41, 5.74) is 0.518. The van der Waals surface area contributed by atoms with Gasteiger partial charge in [-0.25, -0.2) is 4.79 Å². The second-order valence-electron chi connectivity index (χ2n) is 4.56. The van der Waals surface area contributed by atoms with E-state index in [9.17, 15) is 4.79 Å². The molecule has 2 N–H and O–H groups in total. The van der Waals surface area contributed by atoms with Crippen LogP contribution in [0, 0.1) is 0 Å². The Labute approximate surface area is 123 Å². The number of fused-ring (bicyclic) bond motifs is 1. The number of hydrogen-bond acceptors (Lipinski definition) is 3. The Morgan fingerprint density at radius 2 is 1.95 bits per heavy atom. The first kappa shape index (κ1) is 14.8. The smallest absolute Gasteiger partial charge is 0.319 e. The van der Waals surface area contributed by atoms with Gasteiger partial charge in [0.15, 0.2) is 11.5 Å². The second kappa shape index (κ2) is 7.24. The first-order valence-electron chi connectivity index (χ1n) is 6.84. The Bertz CT molecular complexity index is 480. The number of benzene rings is 1. The van der Waals surface area contributed by atoms with Crippen LogP contribution in [0.3, 0.4) is 0 Å². The van der Waals surface area contributed by atoms with Crippen LogP contribution < -0.4 is 20.1 Å². The van der Waals surface area contributed by atoms with E-state index in [-0.39, 0.29) is 6.03 Å². The van der Waals surface area contributed by atoms with Gasteiger partial charge < -0.3 is 20.1 Å². The van der Waals surface area contributed by atoms with Crippen LogP contribution in [0.4, 0.5) is 10.5 Å². The van der Waals surface area contributed by atoms with E-state index < -0.39 is 0 Å². The van der Waals surface area contributed by atoms with Crippen molar-refractivity contribution in [3.63, 3.8) is 0 Å². The summed E-state index contributed by atoms with van der Waals surface area (Å²) in [5.74, 6) is 1.21. The maximum absolute atomic E-state index is 11.7. The highest BCUT2D eigenvalue weighted by Gasteiger charge is 2.16. The van der Waals surface area contributed by atoms with Crippen molar-refractivity contribution in [1.82, 2.24) is 5.32 Å². The van der Waals surface area contributed by atoms with Crippen molar-refractivity contribution in [3.8, 4) is 11.5 Å². The molecule has 0 saturated heterocycles. The van der Waals surface area contributed by atoms with Crippen LogP contribution in [0.15, 0.2) is 12.1 Å². The van der Waals surface area contributed by atoms with Gasteiger partial charge in [-0.2, -0.15) is 0 Å². The SMILES string of the molecule is CCCCCNC(=O)Nc1cc2c(cc1Cl)OCCO2. The van der Waals surface area contributed by atoms with Crippen LogP contribution in [0.1, 0.15) is 26.2 Å². The third-order valence-electron chi connectivity index (χ3n) is 2.95. The van der Waals surface area contributed by atoms with E-state index in [1.807, 2.05) is 0 Å². The fraction of sp³-hybridized carbons (Fsp3) is 0.500. The summed E-state index contributed by atoms with van der Waals surface area (Å²) >= 11 is 6.11. The van der Waals surface area contributed by atoms with Crippen LogP contribution in [0.2, 0.25) is 5.02 Å². The van der Waals surface area contributed by atoms with E-state index >= 15 is 0 Å². The zero-order valence-corrected chi connectivity index (χ0v) is 12.3. The highest BCUT2D eigenvalue weighted by atomic mass is 35.5. The third-order valence-corrected chi connectivity index (χ3v) is 3.26. The standard InChI is InChI=1S/C14H19ClN2O3/c1-2-3-4-5-16-14(18)17-11-9-13-12(8-10(11)15)19-6-7-20-13/h8-9H,2-7H2,1H3,(H2,16,17,18). The lowest BCUT2D eigenvalue weighted by molar-refractivity contribution is 0.171. The number of halogens is 1. The number of amides is 2. The monoisotopic (exact) mass is 298 g/mol. The van der Waals surface area contributed by atoms with Crippen LogP contribution in [0.25, 0.3) is 0 Å². The Balaban J connectivity index is 1.93. The van der Waals surface area contributed by atoms with Gasteiger partial charge in [0.05, 0.1) is 10.7 Å². The normalized spacial score (nSPS) is 12.9. The van der Waals surface area contributed by atoms with Crippen molar-refractivity contribution in [2.75, 3.05) is 25.1 Å². The van der Waals surface area contributed by atoms with Crippen molar-refractivity contribution in [1.29, 1.82) is 0 Å². The number of anilines is 1. The molecule has 0 saturated carbocycles. The van der Waals surface area contributed by atoms with Gasteiger partial charge in [0.1, 0.15) is 13.2 Å². The Morgan fingerprint density at radius 3 is 2.65 bits per heavy atom. The molecule has 6 heteroatoms. The van der Waals surface area contributed by atoms with E-state index in [2.05, 4.69) is 17.6 Å². The first-order chi connectivity index (χ1) is 9.70. The molecule has 1 heterocycles. The quantitative estimate of drug-likeness (QED) is 0.819. The van der Waals surface area contributed by atoms with E-state index in [1.54, 1.807) is 12.1 Å². The van der Waals surface area contributed by atoms with Crippen molar-refractivity contribution in [2.45, 2.75) is 26.2 Å². The average molecular weight is 299 g/mol. The molecule has 2 rings (SSSR count). The molecule has 0 spiro atoms. The number of carbonyl (C=O) groups excluding carboxylic acids is 1.